The van der Waals surface area contributed by atoms with Crippen LogP contribution in [-0.2, 0) is 6.54 Å². The first-order chi connectivity index (χ1) is 7.75. The highest BCUT2D eigenvalue weighted by molar-refractivity contribution is 5.08. The van der Waals surface area contributed by atoms with Gasteiger partial charge in [-0.05, 0) is 51.7 Å². The molecule has 0 aliphatic carbocycles. The molecule has 3 nitrogen and oxygen atoms in total. The zero-order chi connectivity index (χ0) is 11.4. The maximum absolute atomic E-state index is 4.16. The fraction of sp³-hybridized carbons (Fsp3) is 0.615. The number of piperidine rings is 1. The van der Waals surface area contributed by atoms with Crippen LogP contribution in [-0.4, -0.2) is 48.0 Å². The molecule has 88 valence electrons. The van der Waals surface area contributed by atoms with E-state index in [-0.39, 0.29) is 0 Å². The second kappa shape index (κ2) is 5.41. The minimum atomic E-state index is 0.769. The van der Waals surface area contributed by atoms with Crippen LogP contribution < -0.4 is 0 Å². The van der Waals surface area contributed by atoms with E-state index in [4.69, 9.17) is 0 Å². The van der Waals surface area contributed by atoms with Crippen molar-refractivity contribution in [1.82, 2.24) is 14.8 Å². The van der Waals surface area contributed by atoms with Crippen molar-refractivity contribution in [2.45, 2.75) is 25.4 Å². The van der Waals surface area contributed by atoms with E-state index in [0.717, 1.165) is 12.6 Å². The fourth-order valence-electron chi connectivity index (χ4n) is 2.34. The van der Waals surface area contributed by atoms with Gasteiger partial charge in [0.05, 0.1) is 0 Å². The second-order valence-electron chi connectivity index (χ2n) is 4.83. The van der Waals surface area contributed by atoms with Crippen molar-refractivity contribution in [2.24, 2.45) is 0 Å². The molecule has 1 fully saturated rings. The van der Waals surface area contributed by atoms with E-state index in [9.17, 15) is 0 Å². The summed E-state index contributed by atoms with van der Waals surface area (Å²) in [4.78, 5) is 9.03. The molecule has 2 heterocycles. The predicted octanol–water partition coefficient (Wildman–Crippen LogP) is 1.61. The van der Waals surface area contributed by atoms with Gasteiger partial charge in [-0.2, -0.15) is 0 Å². The minimum absolute atomic E-state index is 0.769. The fourth-order valence-corrected chi connectivity index (χ4v) is 2.34. The summed E-state index contributed by atoms with van der Waals surface area (Å²) in [6.07, 6.45) is 6.38. The van der Waals surface area contributed by atoms with Crippen molar-refractivity contribution >= 4 is 0 Å². The molecule has 1 aromatic rings. The molecule has 1 aliphatic heterocycles. The van der Waals surface area contributed by atoms with Gasteiger partial charge >= 0.3 is 0 Å². The summed E-state index contributed by atoms with van der Waals surface area (Å²) in [6.45, 7) is 3.46. The van der Waals surface area contributed by atoms with Gasteiger partial charge in [-0.15, -0.1) is 0 Å². The number of hydrogen-bond acceptors (Lipinski definition) is 3. The third kappa shape index (κ3) is 3.03. The first kappa shape index (κ1) is 11.6. The Kier molecular flexibility index (Phi) is 3.91. The lowest BCUT2D eigenvalue weighted by atomic mass is 10.0. The standard InChI is InChI=1S/C13H21N3/c1-15(2)13-5-8-16(9-6-13)11-12-4-3-7-14-10-12/h3-4,7,10,13H,5-6,8-9,11H2,1-2H3. The average molecular weight is 219 g/mol. The molecule has 16 heavy (non-hydrogen) atoms. The van der Waals surface area contributed by atoms with Crippen LogP contribution in [0.4, 0.5) is 0 Å². The van der Waals surface area contributed by atoms with Crippen LogP contribution >= 0.6 is 0 Å². The Morgan fingerprint density at radius 1 is 1.38 bits per heavy atom. The van der Waals surface area contributed by atoms with Gasteiger partial charge in [-0.3, -0.25) is 9.88 Å². The highest BCUT2D eigenvalue weighted by atomic mass is 15.2. The molecular formula is C13H21N3. The van der Waals surface area contributed by atoms with Gasteiger partial charge in [0, 0.05) is 25.0 Å². The highest BCUT2D eigenvalue weighted by Gasteiger charge is 2.20. The highest BCUT2D eigenvalue weighted by Crippen LogP contribution is 2.16. The van der Waals surface area contributed by atoms with Crippen molar-refractivity contribution in [3.63, 3.8) is 0 Å². The summed E-state index contributed by atoms with van der Waals surface area (Å²) in [5.74, 6) is 0. The van der Waals surface area contributed by atoms with E-state index >= 15 is 0 Å². The van der Waals surface area contributed by atoms with Gasteiger partial charge in [0.15, 0.2) is 0 Å². The zero-order valence-electron chi connectivity index (χ0n) is 10.3. The van der Waals surface area contributed by atoms with Crippen LogP contribution in [0.2, 0.25) is 0 Å². The summed E-state index contributed by atoms with van der Waals surface area (Å²) in [5.41, 5.74) is 1.32. The Balaban J connectivity index is 1.82. The molecule has 0 unspecified atom stereocenters. The number of aromatic nitrogens is 1. The Hall–Kier alpha value is -0.930. The molecule has 0 atom stereocenters. The smallest absolute Gasteiger partial charge is 0.0312 e. The number of rotatable bonds is 3. The largest absolute Gasteiger partial charge is 0.306 e. The number of pyridine rings is 1. The van der Waals surface area contributed by atoms with E-state index in [1.165, 1.54) is 31.5 Å². The van der Waals surface area contributed by atoms with Gasteiger partial charge in [0.25, 0.3) is 0 Å². The van der Waals surface area contributed by atoms with Gasteiger partial charge in [0.2, 0.25) is 0 Å². The average Bonchev–Trinajstić information content (AvgIpc) is 2.31. The molecule has 2 rings (SSSR count). The molecule has 3 heteroatoms. The lowest BCUT2D eigenvalue weighted by molar-refractivity contribution is 0.140. The Labute approximate surface area is 98.1 Å². The monoisotopic (exact) mass is 219 g/mol. The van der Waals surface area contributed by atoms with Crippen molar-refractivity contribution in [1.29, 1.82) is 0 Å². The van der Waals surface area contributed by atoms with Gasteiger partial charge in [-0.25, -0.2) is 0 Å². The SMILES string of the molecule is CN(C)C1CCN(Cc2cccnc2)CC1. The third-order valence-electron chi connectivity index (χ3n) is 3.42. The van der Waals surface area contributed by atoms with Crippen molar-refractivity contribution in [2.75, 3.05) is 27.2 Å². The van der Waals surface area contributed by atoms with Gasteiger partial charge < -0.3 is 4.90 Å². The number of likely N-dealkylation sites (tertiary alicyclic amines) is 1. The van der Waals surface area contributed by atoms with Gasteiger partial charge in [0.1, 0.15) is 0 Å². The molecule has 1 saturated heterocycles. The maximum atomic E-state index is 4.16. The molecule has 1 aliphatic rings. The summed E-state index contributed by atoms with van der Waals surface area (Å²) >= 11 is 0. The van der Waals surface area contributed by atoms with Crippen molar-refractivity contribution < 1.29 is 0 Å². The maximum Gasteiger partial charge on any atom is 0.0312 e. The van der Waals surface area contributed by atoms with Crippen molar-refractivity contribution in [3.8, 4) is 0 Å². The molecule has 0 aromatic carbocycles. The number of hydrogen-bond donors (Lipinski definition) is 0. The zero-order valence-corrected chi connectivity index (χ0v) is 10.3. The van der Waals surface area contributed by atoms with E-state index < -0.39 is 0 Å². The lowest BCUT2D eigenvalue weighted by Crippen LogP contribution is -2.41. The van der Waals surface area contributed by atoms with E-state index in [0.29, 0.717) is 0 Å². The molecule has 0 spiro atoms. The topological polar surface area (TPSA) is 19.4 Å². The predicted molar refractivity (Wildman–Crippen MR) is 66.2 cm³/mol. The van der Waals surface area contributed by atoms with Crippen LogP contribution in [0.15, 0.2) is 24.5 Å². The third-order valence-corrected chi connectivity index (χ3v) is 3.42. The molecule has 0 bridgehead atoms. The Morgan fingerprint density at radius 2 is 2.12 bits per heavy atom. The van der Waals surface area contributed by atoms with Crippen molar-refractivity contribution in [3.05, 3.63) is 30.1 Å². The normalized spacial score (nSPS) is 19.2. The Bertz CT molecular complexity index is 302. The van der Waals surface area contributed by atoms with Crippen LogP contribution in [0.25, 0.3) is 0 Å². The number of nitrogens with zero attached hydrogens (tertiary/aromatic N) is 3. The minimum Gasteiger partial charge on any atom is -0.306 e. The lowest BCUT2D eigenvalue weighted by Gasteiger charge is -2.35. The molecular weight excluding hydrogens is 198 g/mol. The van der Waals surface area contributed by atoms with E-state index in [1.807, 2.05) is 18.5 Å². The van der Waals surface area contributed by atoms with Crippen LogP contribution in [0.3, 0.4) is 0 Å². The molecule has 0 radical (unpaired) electrons. The van der Waals surface area contributed by atoms with Crippen LogP contribution in [0, 0.1) is 0 Å². The van der Waals surface area contributed by atoms with E-state index in [1.54, 1.807) is 0 Å². The second-order valence-corrected chi connectivity index (χ2v) is 4.83. The quantitative estimate of drug-likeness (QED) is 0.770. The molecule has 0 amide bonds. The summed E-state index contributed by atoms with van der Waals surface area (Å²) in [5, 5.41) is 0. The first-order valence-electron chi connectivity index (χ1n) is 6.03. The van der Waals surface area contributed by atoms with Crippen LogP contribution in [0.1, 0.15) is 18.4 Å². The first-order valence-corrected chi connectivity index (χ1v) is 6.03. The van der Waals surface area contributed by atoms with Gasteiger partial charge in [-0.1, -0.05) is 6.07 Å². The summed E-state index contributed by atoms with van der Waals surface area (Å²) in [7, 11) is 4.36. The molecule has 0 saturated carbocycles. The van der Waals surface area contributed by atoms with E-state index in [2.05, 4.69) is 34.9 Å². The molecule has 1 aromatic heterocycles. The summed E-state index contributed by atoms with van der Waals surface area (Å²) in [6, 6.07) is 4.94. The summed E-state index contributed by atoms with van der Waals surface area (Å²) < 4.78 is 0. The molecule has 0 N–H and O–H groups in total. The Morgan fingerprint density at radius 3 is 2.69 bits per heavy atom. The van der Waals surface area contributed by atoms with Crippen LogP contribution in [0.5, 0.6) is 0 Å².